The molecule has 0 saturated heterocycles. The Labute approximate surface area is 112 Å². The van der Waals surface area contributed by atoms with Gasteiger partial charge in [0.1, 0.15) is 12.7 Å². The average Bonchev–Trinajstić information content (AvgIpc) is 3.07. The summed E-state index contributed by atoms with van der Waals surface area (Å²) in [6.07, 6.45) is 5.76. The van der Waals surface area contributed by atoms with Gasteiger partial charge in [0.25, 0.3) is 5.78 Å². The Morgan fingerprint density at radius 3 is 2.85 bits per heavy atom. The molecule has 8 nitrogen and oxygen atoms in total. The van der Waals surface area contributed by atoms with E-state index in [-0.39, 0.29) is 5.56 Å². The Balaban J connectivity index is 2.31. The second-order valence-electron chi connectivity index (χ2n) is 4.19. The number of pyridine rings is 1. The molecule has 0 amide bonds. The SMILES string of the molecule is Cc1cnc(-n2cncn2)c2[nH]cc(C(=O)C(=O)O)c12. The number of carbonyl (C=O) groups is 2. The number of carboxylic acid groups (broad SMARTS) is 1. The molecule has 0 aliphatic rings. The molecule has 0 aliphatic carbocycles. The minimum atomic E-state index is -1.50. The number of H-pyrrole nitrogens is 1. The van der Waals surface area contributed by atoms with Gasteiger partial charge in [-0.05, 0) is 12.5 Å². The van der Waals surface area contributed by atoms with Crippen molar-refractivity contribution in [3.8, 4) is 5.82 Å². The number of Topliss-reactive ketones (excluding diaryl/α,β-unsaturated/α-hetero) is 1. The Morgan fingerprint density at radius 2 is 2.20 bits per heavy atom. The third kappa shape index (κ3) is 1.66. The van der Waals surface area contributed by atoms with E-state index in [0.717, 1.165) is 0 Å². The van der Waals surface area contributed by atoms with Crippen LogP contribution in [0, 0.1) is 6.92 Å². The maximum absolute atomic E-state index is 11.7. The van der Waals surface area contributed by atoms with Crippen LogP contribution in [0.15, 0.2) is 25.0 Å². The first-order valence-electron chi connectivity index (χ1n) is 5.69. The highest BCUT2D eigenvalue weighted by Crippen LogP contribution is 2.26. The van der Waals surface area contributed by atoms with Crippen molar-refractivity contribution >= 4 is 22.7 Å². The molecule has 8 heteroatoms. The lowest BCUT2D eigenvalue weighted by atomic mass is 10.1. The van der Waals surface area contributed by atoms with Crippen LogP contribution in [0.5, 0.6) is 0 Å². The molecule has 0 spiro atoms. The maximum Gasteiger partial charge on any atom is 0.377 e. The van der Waals surface area contributed by atoms with Crippen molar-refractivity contribution < 1.29 is 14.7 Å². The van der Waals surface area contributed by atoms with Crippen LogP contribution in [0.4, 0.5) is 0 Å². The summed E-state index contributed by atoms with van der Waals surface area (Å²) < 4.78 is 1.44. The normalized spacial score (nSPS) is 10.8. The van der Waals surface area contributed by atoms with E-state index >= 15 is 0 Å². The number of nitrogens with zero attached hydrogens (tertiary/aromatic N) is 4. The first kappa shape index (κ1) is 12.0. The van der Waals surface area contributed by atoms with E-state index in [2.05, 4.69) is 20.1 Å². The molecule has 3 rings (SSSR count). The van der Waals surface area contributed by atoms with Gasteiger partial charge in [0.05, 0.1) is 11.1 Å². The van der Waals surface area contributed by atoms with Gasteiger partial charge in [-0.3, -0.25) is 4.79 Å². The molecule has 20 heavy (non-hydrogen) atoms. The third-order valence-corrected chi connectivity index (χ3v) is 2.95. The molecule has 100 valence electrons. The minimum Gasteiger partial charge on any atom is -0.475 e. The van der Waals surface area contributed by atoms with E-state index < -0.39 is 11.8 Å². The summed E-state index contributed by atoms with van der Waals surface area (Å²) in [6.45, 7) is 1.76. The van der Waals surface area contributed by atoms with E-state index in [1.807, 2.05) is 0 Å². The third-order valence-electron chi connectivity index (χ3n) is 2.95. The molecule has 0 unspecified atom stereocenters. The summed E-state index contributed by atoms with van der Waals surface area (Å²) in [5, 5.41) is 13.4. The van der Waals surface area contributed by atoms with Crippen molar-refractivity contribution in [2.75, 3.05) is 0 Å². The quantitative estimate of drug-likeness (QED) is 0.536. The van der Waals surface area contributed by atoms with Crippen LogP contribution in [0.1, 0.15) is 15.9 Å². The minimum absolute atomic E-state index is 0.105. The molecular weight excluding hydrogens is 262 g/mol. The summed E-state index contributed by atoms with van der Waals surface area (Å²) >= 11 is 0. The van der Waals surface area contributed by atoms with E-state index in [0.29, 0.717) is 22.3 Å². The molecule has 0 aromatic carbocycles. The van der Waals surface area contributed by atoms with E-state index in [1.54, 1.807) is 13.1 Å². The lowest BCUT2D eigenvalue weighted by molar-refractivity contribution is -0.131. The van der Waals surface area contributed by atoms with E-state index in [9.17, 15) is 9.59 Å². The van der Waals surface area contributed by atoms with Crippen molar-refractivity contribution in [1.82, 2.24) is 24.7 Å². The number of fused-ring (bicyclic) bond motifs is 1. The number of aromatic amines is 1. The second-order valence-corrected chi connectivity index (χ2v) is 4.19. The largest absolute Gasteiger partial charge is 0.475 e. The summed E-state index contributed by atoms with van der Waals surface area (Å²) in [5.74, 6) is -2.01. The number of hydrogen-bond acceptors (Lipinski definition) is 5. The second kappa shape index (κ2) is 4.26. The molecule has 0 saturated carbocycles. The zero-order chi connectivity index (χ0) is 14.3. The Bertz CT molecular complexity index is 819. The highest BCUT2D eigenvalue weighted by atomic mass is 16.4. The molecule has 0 radical (unpaired) electrons. The first-order valence-corrected chi connectivity index (χ1v) is 5.69. The van der Waals surface area contributed by atoms with Crippen molar-refractivity contribution in [3.05, 3.63) is 36.2 Å². The predicted molar refractivity (Wildman–Crippen MR) is 67.7 cm³/mol. The molecule has 2 N–H and O–H groups in total. The van der Waals surface area contributed by atoms with Gasteiger partial charge in [0, 0.05) is 17.8 Å². The molecule has 0 fully saturated rings. The number of rotatable bonds is 3. The van der Waals surface area contributed by atoms with Crippen molar-refractivity contribution in [2.45, 2.75) is 6.92 Å². The van der Waals surface area contributed by atoms with Gasteiger partial charge in [0.2, 0.25) is 0 Å². The Hall–Kier alpha value is -3.03. The number of aliphatic carboxylic acids is 1. The summed E-state index contributed by atoms with van der Waals surface area (Å²) in [7, 11) is 0. The fourth-order valence-electron chi connectivity index (χ4n) is 2.08. The van der Waals surface area contributed by atoms with Crippen molar-refractivity contribution in [1.29, 1.82) is 0 Å². The van der Waals surface area contributed by atoms with Gasteiger partial charge < -0.3 is 10.1 Å². The zero-order valence-corrected chi connectivity index (χ0v) is 10.4. The molecule has 3 aromatic rings. The summed E-state index contributed by atoms with van der Waals surface area (Å²) in [4.78, 5) is 33.5. The summed E-state index contributed by atoms with van der Waals surface area (Å²) in [6, 6.07) is 0. The van der Waals surface area contributed by atoms with Gasteiger partial charge in [-0.1, -0.05) is 0 Å². The van der Waals surface area contributed by atoms with Crippen LogP contribution in [-0.2, 0) is 4.79 Å². The lowest BCUT2D eigenvalue weighted by Gasteiger charge is -2.04. The Morgan fingerprint density at radius 1 is 1.40 bits per heavy atom. The molecule has 3 heterocycles. The van der Waals surface area contributed by atoms with Gasteiger partial charge in [-0.2, -0.15) is 5.10 Å². The number of aromatic nitrogens is 5. The molecule has 0 atom stereocenters. The average molecular weight is 271 g/mol. The van der Waals surface area contributed by atoms with E-state index in [1.165, 1.54) is 23.5 Å². The number of hydrogen-bond donors (Lipinski definition) is 2. The zero-order valence-electron chi connectivity index (χ0n) is 10.4. The fraction of sp³-hybridized carbons (Fsp3) is 0.0833. The van der Waals surface area contributed by atoms with Crippen LogP contribution >= 0.6 is 0 Å². The monoisotopic (exact) mass is 271 g/mol. The molecule has 0 bridgehead atoms. The molecule has 3 aromatic heterocycles. The maximum atomic E-state index is 11.7. The van der Waals surface area contributed by atoms with Crippen LogP contribution in [0.25, 0.3) is 16.7 Å². The van der Waals surface area contributed by atoms with Crippen LogP contribution in [0.3, 0.4) is 0 Å². The number of ketones is 1. The molecule has 0 aliphatic heterocycles. The van der Waals surface area contributed by atoms with Crippen LogP contribution in [0.2, 0.25) is 0 Å². The smallest absolute Gasteiger partial charge is 0.377 e. The number of nitrogens with one attached hydrogen (secondary N) is 1. The van der Waals surface area contributed by atoms with Crippen molar-refractivity contribution in [3.63, 3.8) is 0 Å². The van der Waals surface area contributed by atoms with Crippen LogP contribution < -0.4 is 0 Å². The lowest BCUT2D eigenvalue weighted by Crippen LogP contribution is -2.12. The topological polar surface area (TPSA) is 114 Å². The first-order chi connectivity index (χ1) is 9.59. The highest BCUT2D eigenvalue weighted by molar-refractivity contribution is 6.42. The number of aryl methyl sites for hydroxylation is 1. The standard InChI is InChI=1S/C12H9N5O3/c1-6-2-15-11(17-5-13-4-16-17)9-8(6)7(3-14-9)10(18)12(19)20/h2-5,14H,1H3,(H,19,20). The van der Waals surface area contributed by atoms with E-state index in [4.69, 9.17) is 5.11 Å². The van der Waals surface area contributed by atoms with Crippen LogP contribution in [-0.4, -0.2) is 41.6 Å². The van der Waals surface area contributed by atoms with Gasteiger partial charge in [-0.15, -0.1) is 0 Å². The van der Waals surface area contributed by atoms with Gasteiger partial charge >= 0.3 is 5.97 Å². The number of carboxylic acids is 1. The van der Waals surface area contributed by atoms with Gasteiger partial charge in [-0.25, -0.2) is 19.4 Å². The summed E-state index contributed by atoms with van der Waals surface area (Å²) in [5.41, 5.74) is 1.35. The Kier molecular flexibility index (Phi) is 2.56. The highest BCUT2D eigenvalue weighted by Gasteiger charge is 2.22. The number of carbonyl (C=O) groups excluding carboxylic acids is 1. The molecular formula is C12H9N5O3. The fourth-order valence-corrected chi connectivity index (χ4v) is 2.08. The predicted octanol–water partition coefficient (Wildman–Crippen LogP) is 0.719. The van der Waals surface area contributed by atoms with Gasteiger partial charge in [0.15, 0.2) is 5.82 Å². The van der Waals surface area contributed by atoms with Crippen molar-refractivity contribution in [2.24, 2.45) is 0 Å².